The van der Waals surface area contributed by atoms with Crippen LogP contribution in [0.2, 0.25) is 0 Å². The van der Waals surface area contributed by atoms with E-state index in [4.69, 9.17) is 5.73 Å². The molecule has 2 fully saturated rings. The molecule has 102 valence electrons. The Kier molecular flexibility index (Phi) is 3.14. The fraction of sp³-hybridized carbons (Fsp3) is 0.500. The molecule has 19 heavy (non-hydrogen) atoms. The van der Waals surface area contributed by atoms with E-state index in [-0.39, 0.29) is 17.5 Å². The smallest absolute Gasteiger partial charge is 0.254 e. The maximum absolute atomic E-state index is 13.7. The zero-order valence-electron chi connectivity index (χ0n) is 10.7. The van der Waals surface area contributed by atoms with Gasteiger partial charge in [0.1, 0.15) is 5.82 Å². The number of anilines is 1. The number of halogens is 1. The van der Waals surface area contributed by atoms with E-state index in [0.29, 0.717) is 11.7 Å². The van der Waals surface area contributed by atoms with E-state index in [2.05, 4.69) is 10.2 Å². The number of hydrogen-bond donors (Lipinski definition) is 2. The summed E-state index contributed by atoms with van der Waals surface area (Å²) in [6.07, 6.45) is 3.26. The number of rotatable bonds is 2. The SMILES string of the molecule is Nc1ccc(C(=O)NC2CCN3CCCC23)c(F)c1. The molecular formula is C14H18FN3O. The first-order valence-corrected chi connectivity index (χ1v) is 6.75. The summed E-state index contributed by atoms with van der Waals surface area (Å²) in [6.45, 7) is 2.15. The highest BCUT2D eigenvalue weighted by Gasteiger charge is 2.38. The van der Waals surface area contributed by atoms with Gasteiger partial charge in [-0.3, -0.25) is 9.69 Å². The van der Waals surface area contributed by atoms with Crippen LogP contribution in [0.4, 0.5) is 10.1 Å². The number of nitrogens with two attached hydrogens (primary N) is 1. The Morgan fingerprint density at radius 1 is 1.37 bits per heavy atom. The fourth-order valence-corrected chi connectivity index (χ4v) is 3.21. The summed E-state index contributed by atoms with van der Waals surface area (Å²) in [5, 5.41) is 2.97. The lowest BCUT2D eigenvalue weighted by Gasteiger charge is -2.21. The van der Waals surface area contributed by atoms with Gasteiger partial charge in [0.2, 0.25) is 0 Å². The van der Waals surface area contributed by atoms with Crippen molar-refractivity contribution in [3.05, 3.63) is 29.6 Å². The summed E-state index contributed by atoms with van der Waals surface area (Å²) in [6, 6.07) is 4.76. The van der Waals surface area contributed by atoms with Gasteiger partial charge < -0.3 is 11.1 Å². The second-order valence-electron chi connectivity index (χ2n) is 5.35. The van der Waals surface area contributed by atoms with Crippen LogP contribution in [0, 0.1) is 5.82 Å². The molecule has 1 aromatic carbocycles. The molecule has 0 bridgehead atoms. The van der Waals surface area contributed by atoms with E-state index in [1.54, 1.807) is 6.07 Å². The molecule has 2 aliphatic rings. The molecule has 3 rings (SSSR count). The number of hydrogen-bond acceptors (Lipinski definition) is 3. The van der Waals surface area contributed by atoms with E-state index in [1.807, 2.05) is 0 Å². The summed E-state index contributed by atoms with van der Waals surface area (Å²) >= 11 is 0. The zero-order chi connectivity index (χ0) is 13.4. The van der Waals surface area contributed by atoms with Crippen molar-refractivity contribution in [3.63, 3.8) is 0 Å². The molecule has 2 atom stereocenters. The lowest BCUT2D eigenvalue weighted by atomic mass is 10.1. The molecule has 2 aliphatic heterocycles. The van der Waals surface area contributed by atoms with E-state index < -0.39 is 5.82 Å². The molecular weight excluding hydrogens is 245 g/mol. The summed E-state index contributed by atoms with van der Waals surface area (Å²) in [5.41, 5.74) is 5.89. The van der Waals surface area contributed by atoms with Crippen LogP contribution in [-0.4, -0.2) is 36.0 Å². The van der Waals surface area contributed by atoms with E-state index >= 15 is 0 Å². The van der Waals surface area contributed by atoms with Crippen LogP contribution in [0.5, 0.6) is 0 Å². The van der Waals surface area contributed by atoms with E-state index in [9.17, 15) is 9.18 Å². The average molecular weight is 263 g/mol. The Balaban J connectivity index is 1.71. The molecule has 2 saturated heterocycles. The molecule has 0 spiro atoms. The maximum Gasteiger partial charge on any atom is 0.254 e. The quantitative estimate of drug-likeness (QED) is 0.792. The molecule has 5 heteroatoms. The normalized spacial score (nSPS) is 26.4. The minimum atomic E-state index is -0.557. The van der Waals surface area contributed by atoms with Gasteiger partial charge in [-0.2, -0.15) is 0 Å². The van der Waals surface area contributed by atoms with Gasteiger partial charge in [0, 0.05) is 24.3 Å². The van der Waals surface area contributed by atoms with Crippen LogP contribution in [-0.2, 0) is 0 Å². The van der Waals surface area contributed by atoms with Crippen LogP contribution < -0.4 is 11.1 Å². The lowest BCUT2D eigenvalue weighted by molar-refractivity contribution is 0.0925. The first-order chi connectivity index (χ1) is 9.15. The van der Waals surface area contributed by atoms with Crippen LogP contribution >= 0.6 is 0 Å². The number of nitrogens with zero attached hydrogens (tertiary/aromatic N) is 1. The summed E-state index contributed by atoms with van der Waals surface area (Å²) in [4.78, 5) is 14.5. The Hall–Kier alpha value is -1.62. The number of fused-ring (bicyclic) bond motifs is 1. The van der Waals surface area contributed by atoms with E-state index in [1.165, 1.54) is 18.6 Å². The predicted molar refractivity (Wildman–Crippen MR) is 71.3 cm³/mol. The number of nitrogen functional groups attached to an aromatic ring is 1. The van der Waals surface area contributed by atoms with Gasteiger partial charge in [0.15, 0.2) is 0 Å². The Labute approximate surface area is 111 Å². The van der Waals surface area contributed by atoms with Crippen molar-refractivity contribution in [2.75, 3.05) is 18.8 Å². The Morgan fingerprint density at radius 2 is 2.21 bits per heavy atom. The molecule has 2 unspecified atom stereocenters. The van der Waals surface area contributed by atoms with Gasteiger partial charge in [-0.15, -0.1) is 0 Å². The standard InChI is InChI=1S/C14H18FN3O/c15-11-8-9(16)3-4-10(11)14(19)17-12-5-7-18-6-1-2-13(12)18/h3-4,8,12-13H,1-2,5-7,16H2,(H,17,19). The van der Waals surface area contributed by atoms with Crippen molar-refractivity contribution in [1.29, 1.82) is 0 Å². The maximum atomic E-state index is 13.7. The molecule has 3 N–H and O–H groups in total. The lowest BCUT2D eigenvalue weighted by Crippen LogP contribution is -2.42. The van der Waals surface area contributed by atoms with Gasteiger partial charge in [-0.25, -0.2) is 4.39 Å². The molecule has 0 saturated carbocycles. The third-order valence-electron chi connectivity index (χ3n) is 4.16. The van der Waals surface area contributed by atoms with Crippen molar-refractivity contribution in [1.82, 2.24) is 10.2 Å². The molecule has 4 nitrogen and oxygen atoms in total. The Morgan fingerprint density at radius 3 is 3.00 bits per heavy atom. The van der Waals surface area contributed by atoms with Gasteiger partial charge in [-0.05, 0) is 44.0 Å². The number of nitrogens with one attached hydrogen (secondary N) is 1. The highest BCUT2D eigenvalue weighted by molar-refractivity contribution is 5.95. The minimum absolute atomic E-state index is 0.0747. The van der Waals surface area contributed by atoms with E-state index in [0.717, 1.165) is 25.9 Å². The van der Waals surface area contributed by atoms with Crippen molar-refractivity contribution in [2.45, 2.75) is 31.3 Å². The molecule has 0 aliphatic carbocycles. The van der Waals surface area contributed by atoms with Gasteiger partial charge >= 0.3 is 0 Å². The number of amides is 1. The van der Waals surface area contributed by atoms with Crippen LogP contribution in [0.3, 0.4) is 0 Å². The number of benzene rings is 1. The first-order valence-electron chi connectivity index (χ1n) is 6.75. The molecule has 1 amide bonds. The van der Waals surface area contributed by atoms with Gasteiger partial charge in [-0.1, -0.05) is 0 Å². The second kappa shape index (κ2) is 4.81. The summed E-state index contributed by atoms with van der Waals surface area (Å²) < 4.78 is 13.7. The van der Waals surface area contributed by atoms with Gasteiger partial charge in [0.25, 0.3) is 5.91 Å². The first kappa shape index (κ1) is 12.4. The van der Waals surface area contributed by atoms with Crippen LogP contribution in [0.25, 0.3) is 0 Å². The van der Waals surface area contributed by atoms with Crippen LogP contribution in [0.1, 0.15) is 29.6 Å². The van der Waals surface area contributed by atoms with Gasteiger partial charge in [0.05, 0.1) is 5.56 Å². The highest BCUT2D eigenvalue weighted by Crippen LogP contribution is 2.28. The zero-order valence-corrected chi connectivity index (χ0v) is 10.7. The summed E-state index contributed by atoms with van der Waals surface area (Å²) in [7, 11) is 0. The topological polar surface area (TPSA) is 58.4 Å². The predicted octanol–water partition coefficient (Wildman–Crippen LogP) is 1.37. The largest absolute Gasteiger partial charge is 0.399 e. The molecule has 1 aromatic rings. The fourth-order valence-electron chi connectivity index (χ4n) is 3.21. The minimum Gasteiger partial charge on any atom is -0.399 e. The number of carbonyl (C=O) groups is 1. The van der Waals surface area contributed by atoms with Crippen molar-refractivity contribution in [2.24, 2.45) is 0 Å². The summed E-state index contributed by atoms with van der Waals surface area (Å²) in [5.74, 6) is -0.893. The molecule has 2 heterocycles. The van der Waals surface area contributed by atoms with Crippen molar-refractivity contribution >= 4 is 11.6 Å². The average Bonchev–Trinajstić information content (AvgIpc) is 2.94. The second-order valence-corrected chi connectivity index (χ2v) is 5.35. The Bertz CT molecular complexity index is 505. The van der Waals surface area contributed by atoms with Crippen LogP contribution in [0.15, 0.2) is 18.2 Å². The third-order valence-corrected chi connectivity index (χ3v) is 4.16. The highest BCUT2D eigenvalue weighted by atomic mass is 19.1. The van der Waals surface area contributed by atoms with Crippen molar-refractivity contribution in [3.8, 4) is 0 Å². The monoisotopic (exact) mass is 263 g/mol. The molecule has 0 radical (unpaired) electrons. The van der Waals surface area contributed by atoms with Crippen molar-refractivity contribution < 1.29 is 9.18 Å². The third kappa shape index (κ3) is 2.30. The molecule has 0 aromatic heterocycles. The number of carbonyl (C=O) groups excluding carboxylic acids is 1.